The molecule has 0 N–H and O–H groups in total. The molecule has 2 aliphatic carbocycles. The Bertz CT molecular complexity index is 1220. The maximum Gasteiger partial charge on any atom is 0.338 e. The Kier molecular flexibility index (Phi) is 4.94. The highest BCUT2D eigenvalue weighted by atomic mass is 16.7. The van der Waals surface area contributed by atoms with Crippen LogP contribution in [0.1, 0.15) is 40.5 Å². The van der Waals surface area contributed by atoms with Crippen molar-refractivity contribution in [3.05, 3.63) is 36.0 Å². The topological polar surface area (TPSA) is 118 Å². The summed E-state index contributed by atoms with van der Waals surface area (Å²) >= 11 is 0. The SMILES string of the molecule is CC1=C[C@H]2O[C@@H]3C[C@H]4OC(=O)/C=C\C=C/[C@H]5OC(CC6(C)OC6C(=O)OC[C@@]2([C@H]2O[C@@H]12)[C@]4(C)[C@]31CO1)O[C@@H]5C. The van der Waals surface area contributed by atoms with Gasteiger partial charge in [0.15, 0.2) is 12.4 Å². The molecule has 6 fully saturated rings. The third-order valence-electron chi connectivity index (χ3n) is 10.7. The molecular weight excluding hydrogens is 508 g/mol. The Balaban J connectivity index is 1.18. The van der Waals surface area contributed by atoms with Crippen molar-refractivity contribution in [1.29, 1.82) is 0 Å². The van der Waals surface area contributed by atoms with Gasteiger partial charge >= 0.3 is 11.9 Å². The van der Waals surface area contributed by atoms with Gasteiger partial charge in [-0.2, -0.15) is 0 Å². The Morgan fingerprint density at radius 2 is 1.82 bits per heavy atom. The molecule has 6 aliphatic heterocycles. The zero-order valence-electron chi connectivity index (χ0n) is 22.5. The first-order valence-electron chi connectivity index (χ1n) is 14.0. The number of cyclic esters (lactones) is 1. The lowest BCUT2D eigenvalue weighted by Crippen LogP contribution is -2.69. The summed E-state index contributed by atoms with van der Waals surface area (Å²) in [5.74, 6) is -0.893. The van der Waals surface area contributed by atoms with Crippen LogP contribution >= 0.6 is 0 Å². The second-order valence-electron chi connectivity index (χ2n) is 12.8. The van der Waals surface area contributed by atoms with Crippen LogP contribution in [0.5, 0.6) is 0 Å². The first-order chi connectivity index (χ1) is 18.6. The van der Waals surface area contributed by atoms with Crippen LogP contribution in [0.2, 0.25) is 0 Å². The van der Waals surface area contributed by atoms with E-state index in [1.807, 2.05) is 26.8 Å². The molecule has 0 aromatic rings. The van der Waals surface area contributed by atoms with Gasteiger partial charge in [0.1, 0.15) is 42.2 Å². The average molecular weight is 543 g/mol. The Morgan fingerprint density at radius 1 is 1.00 bits per heavy atom. The van der Waals surface area contributed by atoms with Crippen LogP contribution in [0.15, 0.2) is 36.0 Å². The van der Waals surface area contributed by atoms with Gasteiger partial charge in [-0.1, -0.05) is 31.2 Å². The van der Waals surface area contributed by atoms with Crippen molar-refractivity contribution in [2.45, 2.75) is 107 Å². The van der Waals surface area contributed by atoms with Gasteiger partial charge in [-0.05, 0) is 26.3 Å². The van der Waals surface area contributed by atoms with E-state index in [4.69, 9.17) is 37.9 Å². The zero-order chi connectivity index (χ0) is 26.9. The van der Waals surface area contributed by atoms with E-state index in [1.165, 1.54) is 6.08 Å². The Hall–Kier alpha value is -2.08. The quantitative estimate of drug-likeness (QED) is 0.255. The summed E-state index contributed by atoms with van der Waals surface area (Å²) in [5.41, 5.74) is -1.78. The van der Waals surface area contributed by atoms with E-state index in [9.17, 15) is 9.59 Å². The van der Waals surface area contributed by atoms with E-state index < -0.39 is 52.5 Å². The lowest BCUT2D eigenvalue weighted by atomic mass is 9.51. The summed E-state index contributed by atoms with van der Waals surface area (Å²) in [4.78, 5) is 26.5. The van der Waals surface area contributed by atoms with E-state index in [-0.39, 0.29) is 43.2 Å². The Labute approximate surface area is 226 Å². The molecule has 0 amide bonds. The van der Waals surface area contributed by atoms with Crippen LogP contribution in [0, 0.1) is 10.8 Å². The van der Waals surface area contributed by atoms with E-state index in [1.54, 1.807) is 12.2 Å². The highest BCUT2D eigenvalue weighted by Crippen LogP contribution is 2.74. The molecule has 0 radical (unpaired) electrons. The molecule has 0 aromatic heterocycles. The van der Waals surface area contributed by atoms with Crippen LogP contribution < -0.4 is 0 Å². The van der Waals surface area contributed by atoms with Gasteiger partial charge in [0.05, 0.1) is 35.7 Å². The molecule has 3 unspecified atom stereocenters. The molecule has 1 saturated carbocycles. The smallest absolute Gasteiger partial charge is 0.338 e. The first kappa shape index (κ1) is 24.7. The van der Waals surface area contributed by atoms with Gasteiger partial charge in [-0.25, -0.2) is 9.59 Å². The second-order valence-corrected chi connectivity index (χ2v) is 12.8. The van der Waals surface area contributed by atoms with Gasteiger partial charge in [-0.3, -0.25) is 0 Å². The zero-order valence-corrected chi connectivity index (χ0v) is 22.5. The van der Waals surface area contributed by atoms with E-state index in [0.717, 1.165) is 5.57 Å². The molecule has 2 spiro atoms. The number of ether oxygens (including phenoxy) is 8. The lowest BCUT2D eigenvalue weighted by Gasteiger charge is -2.57. The molecular formula is C29H34O10. The minimum atomic E-state index is -0.804. The maximum absolute atomic E-state index is 13.4. The molecule has 8 aliphatic rings. The minimum absolute atomic E-state index is 0.0356. The minimum Gasteiger partial charge on any atom is -0.463 e. The summed E-state index contributed by atoms with van der Waals surface area (Å²) in [5, 5.41) is 0. The summed E-state index contributed by atoms with van der Waals surface area (Å²) in [6.07, 6.45) is 6.49. The molecule has 6 heterocycles. The van der Waals surface area contributed by atoms with Crippen molar-refractivity contribution < 1.29 is 47.5 Å². The first-order valence-corrected chi connectivity index (χ1v) is 14.0. The Morgan fingerprint density at radius 3 is 2.62 bits per heavy atom. The molecule has 0 aromatic carbocycles. The van der Waals surface area contributed by atoms with Gasteiger partial charge in [-0.15, -0.1) is 0 Å². The molecule has 13 atom stereocenters. The number of fused-ring (bicyclic) bond motifs is 4. The normalized spacial score (nSPS) is 58.5. The standard InChI is InChI=1S/C29H34O10/c1-14-9-18-28(23-22(14)38-23)12-32-25(31)24-26(3,39-24)11-21-34-15(2)16(35-21)7-5-6-8-20(30)37-17-10-19(36-18)29(13-33-29)27(17,28)4/h5-9,15-19,21-24H,10-13H2,1-4H3/b7-5-,8-6-/t15-,16-,17-,18-,19-,21?,22+,23+,24?,26?,27-,28-,29+/m1/s1. The second kappa shape index (κ2) is 7.80. The van der Waals surface area contributed by atoms with Crippen LogP contribution in [-0.4, -0.2) is 91.5 Å². The van der Waals surface area contributed by atoms with E-state index in [2.05, 4.69) is 13.0 Å². The van der Waals surface area contributed by atoms with E-state index in [0.29, 0.717) is 19.4 Å². The summed E-state index contributed by atoms with van der Waals surface area (Å²) in [6, 6.07) is 0. The number of allylic oxidation sites excluding steroid dienone is 2. The van der Waals surface area contributed by atoms with Crippen LogP contribution in [0.25, 0.3) is 0 Å². The molecule has 8 rings (SSSR count). The van der Waals surface area contributed by atoms with Crippen LogP contribution in [0.4, 0.5) is 0 Å². The molecule has 10 nitrogen and oxygen atoms in total. The van der Waals surface area contributed by atoms with Crippen LogP contribution in [0.3, 0.4) is 0 Å². The molecule has 4 bridgehead atoms. The number of rotatable bonds is 0. The molecule has 5 saturated heterocycles. The largest absolute Gasteiger partial charge is 0.463 e. The average Bonchev–Trinajstić information content (AvgIpc) is 3.78. The maximum atomic E-state index is 13.4. The summed E-state index contributed by atoms with van der Waals surface area (Å²) in [6.45, 7) is 8.47. The lowest BCUT2D eigenvalue weighted by molar-refractivity contribution is -0.236. The summed E-state index contributed by atoms with van der Waals surface area (Å²) in [7, 11) is 0. The third kappa shape index (κ3) is 3.18. The molecule has 210 valence electrons. The number of carbonyl (C=O) groups excluding carboxylic acids is 2. The predicted octanol–water partition coefficient (Wildman–Crippen LogP) is 1.91. The monoisotopic (exact) mass is 542 g/mol. The predicted molar refractivity (Wildman–Crippen MR) is 131 cm³/mol. The fourth-order valence-corrected chi connectivity index (χ4v) is 8.26. The third-order valence-corrected chi connectivity index (χ3v) is 10.7. The van der Waals surface area contributed by atoms with Crippen molar-refractivity contribution in [2.75, 3.05) is 13.2 Å². The summed E-state index contributed by atoms with van der Waals surface area (Å²) < 4.78 is 49.2. The number of epoxide rings is 3. The van der Waals surface area contributed by atoms with E-state index >= 15 is 0 Å². The van der Waals surface area contributed by atoms with Gasteiger partial charge in [0.2, 0.25) is 0 Å². The van der Waals surface area contributed by atoms with Crippen molar-refractivity contribution in [2.24, 2.45) is 10.8 Å². The fourth-order valence-electron chi connectivity index (χ4n) is 8.26. The van der Waals surface area contributed by atoms with Crippen molar-refractivity contribution >= 4 is 11.9 Å². The van der Waals surface area contributed by atoms with Gasteiger partial charge in [0.25, 0.3) is 0 Å². The molecule has 39 heavy (non-hydrogen) atoms. The van der Waals surface area contributed by atoms with Crippen molar-refractivity contribution in [3.8, 4) is 0 Å². The molecule has 10 heteroatoms. The van der Waals surface area contributed by atoms with Crippen LogP contribution in [-0.2, 0) is 47.5 Å². The number of carbonyl (C=O) groups is 2. The fraction of sp³-hybridized carbons (Fsp3) is 0.724. The van der Waals surface area contributed by atoms with Gasteiger partial charge < -0.3 is 37.9 Å². The highest BCUT2D eigenvalue weighted by molar-refractivity contribution is 5.82. The van der Waals surface area contributed by atoms with Crippen molar-refractivity contribution in [3.63, 3.8) is 0 Å². The van der Waals surface area contributed by atoms with Crippen molar-refractivity contribution in [1.82, 2.24) is 0 Å². The number of hydrogen-bond acceptors (Lipinski definition) is 10. The van der Waals surface area contributed by atoms with Gasteiger partial charge in [0, 0.05) is 18.9 Å². The number of esters is 2. The highest BCUT2D eigenvalue weighted by Gasteiger charge is 2.87. The number of hydrogen-bond donors (Lipinski definition) is 0.